The second kappa shape index (κ2) is 13.0. The molecule has 0 aliphatic carbocycles. The first-order valence-electron chi connectivity index (χ1n) is 11.5. The van der Waals surface area contributed by atoms with Gasteiger partial charge in [0.2, 0.25) is 0 Å². The Morgan fingerprint density at radius 3 is 0.946 bits per heavy atom. The summed E-state index contributed by atoms with van der Waals surface area (Å²) >= 11 is 0. The number of hydrogen-bond donors (Lipinski definition) is 0. The number of nitrogens with zero attached hydrogens (tertiary/aromatic N) is 6. The maximum atomic E-state index is 4.42. The van der Waals surface area contributed by atoms with Crippen LogP contribution in [0.25, 0.3) is 45.3 Å². The van der Waals surface area contributed by atoms with E-state index >= 15 is 0 Å². The molecule has 7 heteroatoms. The molecule has 37 heavy (non-hydrogen) atoms. The Morgan fingerprint density at radius 1 is 0.297 bits per heavy atom. The molecule has 6 heterocycles. The van der Waals surface area contributed by atoms with Gasteiger partial charge in [-0.25, -0.2) is 0 Å². The molecule has 6 aromatic rings. The van der Waals surface area contributed by atoms with Crippen LogP contribution in [0.3, 0.4) is 0 Å². The van der Waals surface area contributed by atoms with Crippen LogP contribution in [0.1, 0.15) is 0 Å². The van der Waals surface area contributed by atoms with E-state index in [-0.39, 0.29) is 19.5 Å². The Bertz CT molecular complexity index is 1280. The van der Waals surface area contributed by atoms with Crippen molar-refractivity contribution in [3.05, 3.63) is 134 Å². The number of aromatic nitrogens is 6. The van der Waals surface area contributed by atoms with E-state index in [0.717, 1.165) is 45.3 Å². The molecule has 0 aromatic carbocycles. The third-order valence-electron chi connectivity index (χ3n) is 5.31. The zero-order valence-electron chi connectivity index (χ0n) is 19.7. The Morgan fingerprint density at radius 2 is 0.622 bits per heavy atom. The smallest absolute Gasteiger partial charge is 0.0980 e. The van der Waals surface area contributed by atoms with Crippen molar-refractivity contribution in [2.75, 3.05) is 0 Å². The summed E-state index contributed by atoms with van der Waals surface area (Å²) in [6.07, 6.45) is 10.7. The summed E-state index contributed by atoms with van der Waals surface area (Å²) in [5.41, 5.74) is 7.25. The SMILES string of the molecule is [Ru].c1ccc(-c2cccnc2-c2ccccn2)nc1.c1ccc(-c2cccnc2-c2ccccn2)nc1. The summed E-state index contributed by atoms with van der Waals surface area (Å²) in [7, 11) is 0. The van der Waals surface area contributed by atoms with Crippen LogP contribution in [0.5, 0.6) is 0 Å². The van der Waals surface area contributed by atoms with Gasteiger partial charge < -0.3 is 0 Å². The molecule has 6 nitrogen and oxygen atoms in total. The van der Waals surface area contributed by atoms with E-state index in [0.29, 0.717) is 0 Å². The Labute approximate surface area is 228 Å². The maximum Gasteiger partial charge on any atom is 0.0980 e. The summed E-state index contributed by atoms with van der Waals surface area (Å²) < 4.78 is 0. The molecule has 0 atom stereocenters. The van der Waals surface area contributed by atoms with E-state index < -0.39 is 0 Å². The predicted molar refractivity (Wildman–Crippen MR) is 141 cm³/mol. The normalized spacial score (nSPS) is 9.95. The third kappa shape index (κ3) is 6.40. The molecule has 0 radical (unpaired) electrons. The van der Waals surface area contributed by atoms with Gasteiger partial charge in [0.15, 0.2) is 0 Å². The second-order valence-electron chi connectivity index (χ2n) is 7.66. The minimum atomic E-state index is 0. The standard InChI is InChI=1S/2C15H11N3.Ru/c2*1-3-9-16-13(7-1)12-6-5-11-18-15(12)14-8-2-4-10-17-14;/h2*1-11H;. The van der Waals surface area contributed by atoms with Crippen molar-refractivity contribution in [1.29, 1.82) is 0 Å². The minimum Gasteiger partial charge on any atom is -0.256 e. The summed E-state index contributed by atoms with van der Waals surface area (Å²) in [5, 5.41) is 0. The predicted octanol–water partition coefficient (Wildman–Crippen LogP) is 6.41. The number of pyridine rings is 6. The largest absolute Gasteiger partial charge is 0.256 e. The summed E-state index contributed by atoms with van der Waals surface area (Å²) in [5.74, 6) is 0. The molecule has 6 aromatic heterocycles. The van der Waals surface area contributed by atoms with Gasteiger partial charge in [0.25, 0.3) is 0 Å². The van der Waals surface area contributed by atoms with Crippen molar-refractivity contribution in [2.24, 2.45) is 0 Å². The molecule has 0 saturated carbocycles. The average Bonchev–Trinajstić information content (AvgIpc) is 2.99. The van der Waals surface area contributed by atoms with Gasteiger partial charge in [0, 0.05) is 67.8 Å². The molecule has 0 unspecified atom stereocenters. The van der Waals surface area contributed by atoms with E-state index in [2.05, 4.69) is 29.9 Å². The zero-order chi connectivity index (χ0) is 24.4. The molecule has 0 fully saturated rings. The summed E-state index contributed by atoms with van der Waals surface area (Å²) in [4.78, 5) is 26.3. The Balaban J connectivity index is 0.000000168. The minimum absolute atomic E-state index is 0. The molecule has 0 aliphatic heterocycles. The number of rotatable bonds is 4. The molecule has 6 rings (SSSR count). The molecular formula is C30H22N6Ru. The van der Waals surface area contributed by atoms with Crippen molar-refractivity contribution in [1.82, 2.24) is 29.9 Å². The molecule has 0 bridgehead atoms. The first-order chi connectivity index (χ1) is 17.9. The van der Waals surface area contributed by atoms with E-state index in [1.165, 1.54) is 0 Å². The van der Waals surface area contributed by atoms with Crippen LogP contribution in [0, 0.1) is 0 Å². The van der Waals surface area contributed by atoms with Gasteiger partial charge in [-0.15, -0.1) is 0 Å². The topological polar surface area (TPSA) is 77.3 Å². The van der Waals surface area contributed by atoms with E-state index in [1.54, 1.807) is 37.2 Å². The Hall–Kier alpha value is -4.48. The quantitative estimate of drug-likeness (QED) is 0.229. The van der Waals surface area contributed by atoms with Crippen LogP contribution < -0.4 is 0 Å². The van der Waals surface area contributed by atoms with Crippen molar-refractivity contribution >= 4 is 0 Å². The monoisotopic (exact) mass is 568 g/mol. The zero-order valence-corrected chi connectivity index (χ0v) is 21.5. The van der Waals surface area contributed by atoms with Gasteiger partial charge in [0.1, 0.15) is 0 Å². The van der Waals surface area contributed by atoms with Crippen molar-refractivity contribution in [3.8, 4) is 45.3 Å². The number of hydrogen-bond acceptors (Lipinski definition) is 6. The van der Waals surface area contributed by atoms with Crippen LogP contribution in [0.2, 0.25) is 0 Å². The van der Waals surface area contributed by atoms with E-state index in [4.69, 9.17) is 0 Å². The van der Waals surface area contributed by atoms with Gasteiger partial charge in [0.05, 0.1) is 34.2 Å². The van der Waals surface area contributed by atoms with Gasteiger partial charge in [-0.1, -0.05) is 24.3 Å². The summed E-state index contributed by atoms with van der Waals surface area (Å²) in [6, 6.07) is 31.2. The molecule has 0 aliphatic rings. The summed E-state index contributed by atoms with van der Waals surface area (Å²) in [6.45, 7) is 0. The molecule has 180 valence electrons. The third-order valence-corrected chi connectivity index (χ3v) is 5.31. The van der Waals surface area contributed by atoms with Crippen LogP contribution in [0.4, 0.5) is 0 Å². The van der Waals surface area contributed by atoms with Crippen molar-refractivity contribution in [3.63, 3.8) is 0 Å². The fraction of sp³-hybridized carbons (Fsp3) is 0. The molecule has 0 N–H and O–H groups in total. The second-order valence-corrected chi connectivity index (χ2v) is 7.66. The van der Waals surface area contributed by atoms with Crippen LogP contribution in [-0.4, -0.2) is 29.9 Å². The van der Waals surface area contributed by atoms with Gasteiger partial charge in [-0.2, -0.15) is 0 Å². The van der Waals surface area contributed by atoms with Crippen molar-refractivity contribution in [2.45, 2.75) is 0 Å². The molecule has 0 amide bonds. The Kier molecular flexibility index (Phi) is 9.00. The van der Waals surface area contributed by atoms with Gasteiger partial charge in [-0.05, 0) is 72.8 Å². The fourth-order valence-corrected chi connectivity index (χ4v) is 3.68. The van der Waals surface area contributed by atoms with Crippen LogP contribution in [-0.2, 0) is 19.5 Å². The first-order valence-corrected chi connectivity index (χ1v) is 11.5. The van der Waals surface area contributed by atoms with E-state index in [1.807, 2.05) is 97.1 Å². The van der Waals surface area contributed by atoms with Crippen LogP contribution >= 0.6 is 0 Å². The maximum absolute atomic E-state index is 4.42. The first kappa shape index (κ1) is 25.6. The van der Waals surface area contributed by atoms with E-state index in [9.17, 15) is 0 Å². The molecule has 0 saturated heterocycles. The van der Waals surface area contributed by atoms with Crippen molar-refractivity contribution < 1.29 is 19.5 Å². The van der Waals surface area contributed by atoms with Gasteiger partial charge in [-0.3, -0.25) is 29.9 Å². The fourth-order valence-electron chi connectivity index (χ4n) is 3.68. The average molecular weight is 568 g/mol. The van der Waals surface area contributed by atoms with Crippen LogP contribution in [0.15, 0.2) is 134 Å². The molecule has 0 spiro atoms. The van der Waals surface area contributed by atoms with Gasteiger partial charge >= 0.3 is 0 Å². The molecular weight excluding hydrogens is 545 g/mol.